The molecule has 22 heavy (non-hydrogen) atoms. The van der Waals surface area contributed by atoms with Gasteiger partial charge in [0.1, 0.15) is 0 Å². The van der Waals surface area contributed by atoms with Gasteiger partial charge in [-0.2, -0.15) is 0 Å². The number of hydrogen-bond donors (Lipinski definition) is 3. The number of nitrogens with one attached hydrogen (secondary N) is 1. The molecule has 1 saturated carbocycles. The smallest absolute Gasteiger partial charge is 0.404 e. The van der Waals surface area contributed by atoms with Crippen molar-refractivity contribution in [3.8, 4) is 0 Å². The maximum Gasteiger partial charge on any atom is 0.404 e. The zero-order valence-electron chi connectivity index (χ0n) is 13.8. The molecule has 0 aliphatic heterocycles. The number of amides is 1. The van der Waals surface area contributed by atoms with Crippen LogP contribution in [0.3, 0.4) is 0 Å². The van der Waals surface area contributed by atoms with Crippen LogP contribution in [0.4, 0.5) is 9.59 Å². The second kappa shape index (κ2) is 9.90. The van der Waals surface area contributed by atoms with Crippen molar-refractivity contribution in [3.63, 3.8) is 0 Å². The summed E-state index contributed by atoms with van der Waals surface area (Å²) in [4.78, 5) is 20.4. The number of ether oxygens (including phenoxy) is 1. The van der Waals surface area contributed by atoms with Gasteiger partial charge in [0.05, 0.1) is 6.61 Å². The fraction of sp³-hybridized carbons (Fsp3) is 0.867. The quantitative estimate of drug-likeness (QED) is 0.683. The zero-order valence-corrected chi connectivity index (χ0v) is 14.5. The van der Waals surface area contributed by atoms with Crippen LogP contribution >= 0.6 is 11.6 Å². The van der Waals surface area contributed by atoms with E-state index in [1.165, 1.54) is 0 Å². The first-order valence-electron chi connectivity index (χ1n) is 7.54. The van der Waals surface area contributed by atoms with Gasteiger partial charge in [-0.3, -0.25) is 0 Å². The fourth-order valence-corrected chi connectivity index (χ4v) is 2.98. The molecule has 1 fully saturated rings. The maximum atomic E-state index is 10.8. The van der Waals surface area contributed by atoms with Crippen LogP contribution in [-0.2, 0) is 4.74 Å². The SMILES string of the molecule is CC(C)(C)C(NC(=O)O)[C@@H]1CC[C@@H](CO)C1.CCOC(=O)Cl. The molecular formula is C15H28ClNO5. The number of halogens is 1. The number of carbonyl (C=O) groups is 2. The Hall–Kier alpha value is -1.01. The molecule has 0 aromatic rings. The van der Waals surface area contributed by atoms with Crippen LogP contribution in [0.5, 0.6) is 0 Å². The Morgan fingerprint density at radius 3 is 2.23 bits per heavy atom. The highest BCUT2D eigenvalue weighted by molar-refractivity contribution is 6.61. The molecule has 7 heteroatoms. The number of rotatable bonds is 4. The van der Waals surface area contributed by atoms with Gasteiger partial charge in [0, 0.05) is 24.2 Å². The van der Waals surface area contributed by atoms with E-state index < -0.39 is 11.5 Å². The van der Waals surface area contributed by atoms with E-state index >= 15 is 0 Å². The standard InChI is InChI=1S/C12H23NO3.C3H5ClO2/c1-12(2,3)10(13-11(15)16)9-5-4-8(6-9)7-14;1-2-6-3(4)5/h8-10,13-14H,4-7H2,1-3H3,(H,15,16);2H2,1H3/t8-,9-,10?;/m1./s1. The number of carbonyl (C=O) groups excluding carboxylic acids is 1. The Labute approximate surface area is 137 Å². The first-order valence-corrected chi connectivity index (χ1v) is 7.92. The van der Waals surface area contributed by atoms with Crippen molar-refractivity contribution in [1.29, 1.82) is 0 Å². The molecule has 0 saturated heterocycles. The van der Waals surface area contributed by atoms with Crippen LogP contribution in [0.15, 0.2) is 0 Å². The van der Waals surface area contributed by atoms with Crippen molar-refractivity contribution in [1.82, 2.24) is 5.32 Å². The van der Waals surface area contributed by atoms with E-state index in [-0.39, 0.29) is 18.1 Å². The molecule has 6 nitrogen and oxygen atoms in total. The number of carboxylic acid groups (broad SMARTS) is 1. The maximum absolute atomic E-state index is 10.8. The molecule has 0 heterocycles. The Kier molecular flexibility index (Phi) is 9.44. The van der Waals surface area contributed by atoms with Crippen molar-refractivity contribution in [3.05, 3.63) is 0 Å². The van der Waals surface area contributed by atoms with E-state index in [1.54, 1.807) is 6.92 Å². The molecule has 1 aliphatic rings. The summed E-state index contributed by atoms with van der Waals surface area (Å²) in [5.74, 6) is 0.707. The molecule has 1 amide bonds. The lowest BCUT2D eigenvalue weighted by Crippen LogP contribution is -2.47. The summed E-state index contributed by atoms with van der Waals surface area (Å²) in [6, 6.07) is -0.0263. The Balaban J connectivity index is 0.000000626. The largest absolute Gasteiger partial charge is 0.465 e. The summed E-state index contributed by atoms with van der Waals surface area (Å²) in [5.41, 5.74) is -0.814. The molecule has 0 aromatic heterocycles. The number of aliphatic hydroxyl groups excluding tert-OH is 1. The second-order valence-electron chi connectivity index (χ2n) is 6.59. The molecule has 1 aliphatic carbocycles. The van der Waals surface area contributed by atoms with Crippen molar-refractivity contribution in [2.75, 3.05) is 13.2 Å². The van der Waals surface area contributed by atoms with E-state index in [9.17, 15) is 9.59 Å². The minimum absolute atomic E-state index is 0.0263. The summed E-state index contributed by atoms with van der Waals surface area (Å²) in [6.07, 6.45) is 1.99. The average molecular weight is 338 g/mol. The highest BCUT2D eigenvalue weighted by Gasteiger charge is 2.37. The van der Waals surface area contributed by atoms with Crippen LogP contribution in [0.25, 0.3) is 0 Å². The Morgan fingerprint density at radius 2 is 1.95 bits per heavy atom. The van der Waals surface area contributed by atoms with E-state index in [2.05, 4.69) is 30.8 Å². The predicted octanol–water partition coefficient (Wildman–Crippen LogP) is 3.46. The first kappa shape index (κ1) is 21.0. The molecule has 3 atom stereocenters. The number of hydrogen-bond acceptors (Lipinski definition) is 4. The molecular weight excluding hydrogens is 310 g/mol. The van der Waals surface area contributed by atoms with Gasteiger partial charge in [-0.05, 0) is 43.4 Å². The number of aliphatic hydroxyl groups is 1. The lowest BCUT2D eigenvalue weighted by Gasteiger charge is -2.35. The molecule has 1 rings (SSSR count). The molecule has 0 radical (unpaired) electrons. The third-order valence-corrected chi connectivity index (χ3v) is 3.89. The second-order valence-corrected chi connectivity index (χ2v) is 6.89. The van der Waals surface area contributed by atoms with Crippen molar-refractivity contribution >= 4 is 23.1 Å². The third kappa shape index (κ3) is 8.44. The highest BCUT2D eigenvalue weighted by Crippen LogP contribution is 2.38. The van der Waals surface area contributed by atoms with Gasteiger partial charge in [0.15, 0.2) is 0 Å². The predicted molar refractivity (Wildman–Crippen MR) is 85.2 cm³/mol. The minimum Gasteiger partial charge on any atom is -0.465 e. The van der Waals surface area contributed by atoms with Gasteiger partial charge in [-0.15, -0.1) is 0 Å². The van der Waals surface area contributed by atoms with Gasteiger partial charge in [-0.1, -0.05) is 20.8 Å². The summed E-state index contributed by atoms with van der Waals surface area (Å²) < 4.78 is 4.17. The van der Waals surface area contributed by atoms with Crippen LogP contribution in [-0.4, -0.2) is 41.0 Å². The van der Waals surface area contributed by atoms with Gasteiger partial charge in [0.2, 0.25) is 0 Å². The van der Waals surface area contributed by atoms with E-state index in [0.29, 0.717) is 18.4 Å². The van der Waals surface area contributed by atoms with Crippen LogP contribution < -0.4 is 5.32 Å². The minimum atomic E-state index is -0.952. The van der Waals surface area contributed by atoms with Gasteiger partial charge in [-0.25, -0.2) is 9.59 Å². The van der Waals surface area contributed by atoms with Crippen LogP contribution in [0.2, 0.25) is 0 Å². The summed E-state index contributed by atoms with van der Waals surface area (Å²) >= 11 is 4.72. The van der Waals surface area contributed by atoms with E-state index in [0.717, 1.165) is 19.3 Å². The molecule has 3 N–H and O–H groups in total. The molecule has 0 aromatic carbocycles. The summed E-state index contributed by atoms with van der Waals surface area (Å²) in [6.45, 7) is 8.43. The van der Waals surface area contributed by atoms with Crippen LogP contribution in [0, 0.1) is 17.3 Å². The topological polar surface area (TPSA) is 95.9 Å². The fourth-order valence-electron chi connectivity index (χ4n) is 2.87. The monoisotopic (exact) mass is 337 g/mol. The lowest BCUT2D eigenvalue weighted by atomic mass is 9.78. The third-order valence-electron chi connectivity index (χ3n) is 3.78. The van der Waals surface area contributed by atoms with Crippen molar-refractivity contribution in [2.24, 2.45) is 17.3 Å². The summed E-state index contributed by atoms with van der Waals surface area (Å²) in [7, 11) is 0. The molecule has 130 valence electrons. The van der Waals surface area contributed by atoms with Gasteiger partial charge < -0.3 is 20.3 Å². The van der Waals surface area contributed by atoms with Gasteiger partial charge in [0.25, 0.3) is 0 Å². The van der Waals surface area contributed by atoms with Crippen LogP contribution in [0.1, 0.15) is 47.0 Å². The molecule has 0 spiro atoms. The summed E-state index contributed by atoms with van der Waals surface area (Å²) in [5, 5.41) is 20.6. The zero-order chi connectivity index (χ0) is 17.3. The van der Waals surface area contributed by atoms with E-state index in [4.69, 9.17) is 21.8 Å². The van der Waals surface area contributed by atoms with E-state index in [1.807, 2.05) is 0 Å². The lowest BCUT2D eigenvalue weighted by molar-refractivity contribution is 0.149. The van der Waals surface area contributed by atoms with Crippen molar-refractivity contribution < 1.29 is 24.5 Å². The molecule has 0 bridgehead atoms. The Morgan fingerprint density at radius 1 is 1.36 bits per heavy atom. The molecule has 1 unspecified atom stereocenters. The first-order chi connectivity index (χ1) is 10.1. The average Bonchev–Trinajstić information content (AvgIpc) is 2.83. The highest BCUT2D eigenvalue weighted by atomic mass is 35.5. The van der Waals surface area contributed by atoms with Crippen molar-refractivity contribution in [2.45, 2.75) is 53.0 Å². The normalized spacial score (nSPS) is 22.3. The Bertz CT molecular complexity index is 356. The van der Waals surface area contributed by atoms with Gasteiger partial charge >= 0.3 is 11.5 Å².